The van der Waals surface area contributed by atoms with Crippen LogP contribution in [0.2, 0.25) is 13.1 Å². The van der Waals surface area contributed by atoms with Gasteiger partial charge in [0.25, 0.3) is 0 Å². The summed E-state index contributed by atoms with van der Waals surface area (Å²) in [6.45, 7) is 10.7. The van der Waals surface area contributed by atoms with Crippen LogP contribution in [-0.2, 0) is 21.7 Å². The third-order valence-electron chi connectivity index (χ3n) is 1.38. The molecule has 0 fully saturated rings. The molecule has 0 N–H and O–H groups in total. The van der Waals surface area contributed by atoms with Gasteiger partial charge in [0.05, 0.1) is 0 Å². The normalized spacial score (nSPS) is 11.0. The molecule has 1 nitrogen and oxygen atoms in total. The molecule has 16 heavy (non-hydrogen) atoms. The molecule has 1 aliphatic carbocycles. The van der Waals surface area contributed by atoms with E-state index >= 15 is 0 Å². The number of rotatable bonds is 1. The largest absolute Gasteiger partial charge is 3.00 e. The van der Waals surface area contributed by atoms with Gasteiger partial charge in [-0.3, -0.25) is 6.08 Å². The molecule has 5 heteroatoms. The summed E-state index contributed by atoms with van der Waals surface area (Å²) < 4.78 is 4.38. The van der Waals surface area contributed by atoms with Crippen molar-refractivity contribution in [1.82, 2.24) is 0 Å². The predicted octanol–water partition coefficient (Wildman–Crippen LogP) is -2.38. The van der Waals surface area contributed by atoms with E-state index in [2.05, 4.69) is 56.7 Å². The Morgan fingerprint density at radius 3 is 1.88 bits per heavy atom. The van der Waals surface area contributed by atoms with Crippen LogP contribution in [0.5, 0.6) is 0 Å². The van der Waals surface area contributed by atoms with Crippen molar-refractivity contribution in [2.75, 3.05) is 0 Å². The number of halogens is 2. The van der Waals surface area contributed by atoms with Crippen LogP contribution >= 0.6 is 0 Å². The third kappa shape index (κ3) is 20.2. The standard InChI is InChI=1S/C6H7.C5H13NSi.2ClH.Ti/c1-6-4-2-3-5-6;1-5(2)6-7(3)4;;;/h2,4H,3H2,1H3;5H,1-4H3;2*1H;/q-1;;;;+3/p-2. The van der Waals surface area contributed by atoms with E-state index in [1.807, 2.05) is 0 Å². The van der Waals surface area contributed by atoms with Crippen LogP contribution in [0, 0.1) is 6.08 Å². The molecule has 91 valence electrons. The van der Waals surface area contributed by atoms with Gasteiger partial charge in [0.2, 0.25) is 0 Å². The van der Waals surface area contributed by atoms with Crippen LogP contribution in [0.1, 0.15) is 27.2 Å². The monoisotopic (exact) mass is 312 g/mol. The second kappa shape index (κ2) is 15.8. The van der Waals surface area contributed by atoms with E-state index in [0.29, 0.717) is 6.04 Å². The molecule has 0 saturated heterocycles. The van der Waals surface area contributed by atoms with Gasteiger partial charge >= 0.3 is 21.7 Å². The van der Waals surface area contributed by atoms with Crippen LogP contribution in [0.3, 0.4) is 0 Å². The van der Waals surface area contributed by atoms with Crippen molar-refractivity contribution in [2.45, 2.75) is 46.3 Å². The summed E-state index contributed by atoms with van der Waals surface area (Å²) in [5.41, 5.74) is 1.27. The van der Waals surface area contributed by atoms with E-state index in [4.69, 9.17) is 0 Å². The maximum absolute atomic E-state index is 4.38. The summed E-state index contributed by atoms with van der Waals surface area (Å²) >= 11 is 0. The topological polar surface area (TPSA) is 12.4 Å². The van der Waals surface area contributed by atoms with Gasteiger partial charge in [0.1, 0.15) is 8.59 Å². The first-order chi connectivity index (χ1) is 6.02. The number of hydrogen-bond acceptors (Lipinski definition) is 1. The van der Waals surface area contributed by atoms with Crippen LogP contribution in [0.15, 0.2) is 22.4 Å². The van der Waals surface area contributed by atoms with E-state index in [-0.39, 0.29) is 55.1 Å². The van der Waals surface area contributed by atoms with Gasteiger partial charge in [-0.05, 0) is 26.9 Å². The van der Waals surface area contributed by atoms with E-state index < -0.39 is 0 Å². The van der Waals surface area contributed by atoms with Crippen molar-refractivity contribution < 1.29 is 46.5 Å². The van der Waals surface area contributed by atoms with E-state index in [1.165, 1.54) is 5.57 Å². The summed E-state index contributed by atoms with van der Waals surface area (Å²) in [4.78, 5) is 0. The maximum Gasteiger partial charge on any atom is 3.00 e. The molecule has 0 aromatic carbocycles. The summed E-state index contributed by atoms with van der Waals surface area (Å²) in [7, 11) is -0.309. The fourth-order valence-electron chi connectivity index (χ4n) is 1.03. The zero-order valence-electron chi connectivity index (χ0n) is 10.6. The second-order valence-corrected chi connectivity index (χ2v) is 5.79. The molecular weight excluding hydrogens is 293 g/mol. The van der Waals surface area contributed by atoms with Crippen molar-refractivity contribution in [3.63, 3.8) is 0 Å². The molecule has 1 radical (unpaired) electrons. The number of hydrogen-bond donors (Lipinski definition) is 0. The summed E-state index contributed by atoms with van der Waals surface area (Å²) in [6, 6.07) is 0.545. The predicted molar refractivity (Wildman–Crippen MR) is 61.2 cm³/mol. The molecule has 0 atom stereocenters. The minimum atomic E-state index is -0.309. The fraction of sp³-hybridized carbons (Fsp3) is 0.636. The molecule has 0 heterocycles. The Morgan fingerprint density at radius 1 is 1.31 bits per heavy atom. The number of nitrogens with zero attached hydrogens (tertiary/aromatic N) is 1. The van der Waals surface area contributed by atoms with Gasteiger partial charge in [-0.15, -0.1) is 6.42 Å². The Morgan fingerprint density at radius 2 is 1.81 bits per heavy atom. The van der Waals surface area contributed by atoms with E-state index in [9.17, 15) is 0 Å². The molecular formula is C11H20Cl2NSiTi. The van der Waals surface area contributed by atoms with E-state index in [0.717, 1.165) is 6.42 Å². The fourth-order valence-corrected chi connectivity index (χ4v) is 2.06. The quantitative estimate of drug-likeness (QED) is 0.379. The molecule has 0 unspecified atom stereocenters. The van der Waals surface area contributed by atoms with Gasteiger partial charge in [-0.25, -0.2) is 11.6 Å². The van der Waals surface area contributed by atoms with Crippen LogP contribution in [-0.4, -0.2) is 14.6 Å². The first-order valence-corrected chi connectivity index (χ1v) is 7.22. The molecule has 0 bridgehead atoms. The zero-order chi connectivity index (χ0) is 10.3. The van der Waals surface area contributed by atoms with Gasteiger partial charge < -0.3 is 29.4 Å². The minimum Gasteiger partial charge on any atom is -1.00 e. The molecule has 0 aliphatic heterocycles. The molecule has 0 aromatic heterocycles. The third-order valence-corrected chi connectivity index (χ3v) is 2.42. The zero-order valence-corrected chi connectivity index (χ0v) is 14.7. The van der Waals surface area contributed by atoms with Gasteiger partial charge in [0, 0.05) is 6.04 Å². The van der Waals surface area contributed by atoms with Crippen LogP contribution in [0.25, 0.3) is 0 Å². The smallest absolute Gasteiger partial charge is 1.00 e. The Labute approximate surface area is 129 Å². The molecule has 0 amide bonds. The Bertz CT molecular complexity index is 231. The summed E-state index contributed by atoms with van der Waals surface area (Å²) in [5.74, 6) is 0. The molecule has 0 saturated carbocycles. The summed E-state index contributed by atoms with van der Waals surface area (Å²) in [5, 5.41) is 0. The maximum atomic E-state index is 4.38. The van der Waals surface area contributed by atoms with Crippen molar-refractivity contribution in [3.05, 3.63) is 23.8 Å². The SMILES string of the molecule is CC(C)N=[Si](C)C.CC1=[C-]CC=C1.[Cl-].[Cl-].[Ti+3]. The van der Waals surface area contributed by atoms with Crippen molar-refractivity contribution in [3.8, 4) is 0 Å². The van der Waals surface area contributed by atoms with Gasteiger partial charge in [0.15, 0.2) is 0 Å². The Kier molecular flexibility index (Phi) is 25.3. The van der Waals surface area contributed by atoms with Crippen molar-refractivity contribution in [1.29, 1.82) is 0 Å². The van der Waals surface area contributed by atoms with E-state index in [1.54, 1.807) is 0 Å². The van der Waals surface area contributed by atoms with Crippen molar-refractivity contribution in [2.24, 2.45) is 4.63 Å². The van der Waals surface area contributed by atoms with Crippen molar-refractivity contribution >= 4 is 8.59 Å². The van der Waals surface area contributed by atoms with Crippen LogP contribution in [0.4, 0.5) is 0 Å². The molecule has 1 aliphatic rings. The average molecular weight is 313 g/mol. The molecule has 1 rings (SSSR count). The minimum absolute atomic E-state index is 0. The summed E-state index contributed by atoms with van der Waals surface area (Å²) in [6.07, 6.45) is 8.33. The average Bonchev–Trinajstić information content (AvgIpc) is 2.37. The molecule has 0 aromatic rings. The molecule has 0 spiro atoms. The first kappa shape index (κ1) is 25.6. The van der Waals surface area contributed by atoms with Crippen LogP contribution < -0.4 is 24.8 Å². The first-order valence-electron chi connectivity index (χ1n) is 4.77. The van der Waals surface area contributed by atoms with Gasteiger partial charge in [-0.1, -0.05) is 6.92 Å². The Balaban J connectivity index is -0.0000000760. The Hall–Kier alpha value is 0.791. The second-order valence-electron chi connectivity index (χ2n) is 3.64. The van der Waals surface area contributed by atoms with Gasteiger partial charge in [-0.2, -0.15) is 6.08 Å². The number of allylic oxidation sites excluding steroid dienone is 4.